The number of likely N-dealkylation sites (tertiary alicyclic amines) is 1. The van der Waals surface area contributed by atoms with Gasteiger partial charge in [-0.2, -0.15) is 0 Å². The highest BCUT2D eigenvalue weighted by molar-refractivity contribution is 6.00. The molecule has 0 radical (unpaired) electrons. The van der Waals surface area contributed by atoms with Crippen molar-refractivity contribution in [1.82, 2.24) is 63.4 Å². The second kappa shape index (κ2) is 42.0. The molecule has 550 valence electrons. The first-order valence-corrected chi connectivity index (χ1v) is 32.3. The van der Waals surface area contributed by atoms with E-state index >= 15 is 0 Å². The molecule has 98 heavy (non-hydrogen) atoms. The summed E-state index contributed by atoms with van der Waals surface area (Å²) in [5, 5.41) is 96.2. The molecule has 16 atom stereocenters. The van der Waals surface area contributed by atoms with Crippen molar-refractivity contribution < 1.29 is 108 Å². The van der Waals surface area contributed by atoms with Gasteiger partial charge in [0.25, 0.3) is 0 Å². The van der Waals surface area contributed by atoms with Crippen molar-refractivity contribution >= 4 is 88.8 Å². The molecule has 36 heteroatoms. The molecule has 2 rings (SSSR count). The summed E-state index contributed by atoms with van der Waals surface area (Å²) in [6.45, 7) is 10.9. The van der Waals surface area contributed by atoms with Crippen LogP contribution in [0.2, 0.25) is 0 Å². The number of rotatable bonds is 43. The second-order valence-corrected chi connectivity index (χ2v) is 24.8. The molecule has 0 aromatic heterocycles. The number of benzene rings is 1. The van der Waals surface area contributed by atoms with Gasteiger partial charge in [0, 0.05) is 19.4 Å². The van der Waals surface area contributed by atoms with E-state index in [1.807, 2.05) is 0 Å². The fourth-order valence-electron chi connectivity index (χ4n) is 10.0. The molecular formula is C62H100N14O22. The number of amides is 12. The van der Waals surface area contributed by atoms with Crippen LogP contribution >= 0.6 is 0 Å². The summed E-state index contributed by atoms with van der Waals surface area (Å²) < 4.78 is 0. The van der Waals surface area contributed by atoms with E-state index < -0.39 is 230 Å². The average Bonchev–Trinajstić information content (AvgIpc) is 1.54. The quantitative estimate of drug-likeness (QED) is 0.0270. The lowest BCUT2D eigenvalue weighted by atomic mass is 9.96. The van der Waals surface area contributed by atoms with Crippen LogP contribution in [-0.2, 0) is 78.3 Å². The van der Waals surface area contributed by atoms with Gasteiger partial charge in [0.2, 0.25) is 70.9 Å². The topological polar surface area (TPSA) is 585 Å². The molecule has 0 saturated carbocycles. The molecule has 1 fully saturated rings. The Hall–Kier alpha value is -8.97. The van der Waals surface area contributed by atoms with E-state index in [9.17, 15) is 108 Å². The second-order valence-electron chi connectivity index (χ2n) is 24.8. The van der Waals surface area contributed by atoms with E-state index in [1.54, 1.807) is 44.2 Å². The normalized spacial score (nSPS) is 17.4. The number of carboxylic acids is 3. The Morgan fingerprint density at radius 1 is 0.531 bits per heavy atom. The minimum atomic E-state index is -1.99. The Kier molecular flexibility index (Phi) is 36.5. The number of aliphatic hydroxyl groups is 4. The van der Waals surface area contributed by atoms with Crippen molar-refractivity contribution in [2.24, 2.45) is 29.2 Å². The predicted molar refractivity (Wildman–Crippen MR) is 346 cm³/mol. The standard InChI is InChI=1S/C62H100N14O22/c1-10-31(6)48(73-55(90)45(64)32(7)78)58(93)75-49(33(8)79)59(94)70-39(26-44(84)85)52(87)71-46(29(2)3)57(92)69-38(25-35-17-12-11-13-18-35)51(86)67-36(21-22-43(82)83)61(96)76-24-16-20-41(76)54(89)65-27-42(81)66-40(28-77)53(88)74-50(34(9)80)60(95)72-47(30(4)5)56(91)68-37(62(97)98)19-14-15-23-63/h11-13,17-18,29-34,36-41,45-50,77-80H,10,14-16,19-28,63-64H2,1-9H3,(H,65,89)(H,66,81)(H,67,86)(H,68,91)(H,69,92)(H,70,94)(H,71,87)(H,72,95)(H,73,90)(H,74,88)(H,75,93)(H,82,83)(H,84,85)(H,97,98)/t31-,32+,33+,34+,36-,37-,38-,39-,40-,41-,45-,46-,47-,48-,49-,50-/m0/s1. The van der Waals surface area contributed by atoms with Crippen LogP contribution < -0.4 is 70.0 Å². The summed E-state index contributed by atoms with van der Waals surface area (Å²) in [7, 11) is 0. The molecule has 1 aliphatic rings. The van der Waals surface area contributed by atoms with Gasteiger partial charge in [-0.25, -0.2) is 4.79 Å². The van der Waals surface area contributed by atoms with Crippen molar-refractivity contribution in [1.29, 1.82) is 0 Å². The summed E-state index contributed by atoms with van der Waals surface area (Å²) in [5.74, 6) is -19.2. The van der Waals surface area contributed by atoms with Crippen LogP contribution in [-0.4, -0.2) is 246 Å². The number of nitrogens with zero attached hydrogens (tertiary/aromatic N) is 1. The molecule has 1 heterocycles. The molecule has 36 nitrogen and oxygen atoms in total. The van der Waals surface area contributed by atoms with Crippen LogP contribution in [0.25, 0.3) is 0 Å². The van der Waals surface area contributed by atoms with Gasteiger partial charge in [0.05, 0.1) is 37.9 Å². The summed E-state index contributed by atoms with van der Waals surface area (Å²) in [5.41, 5.74) is 11.7. The van der Waals surface area contributed by atoms with E-state index in [2.05, 4.69) is 58.5 Å². The zero-order chi connectivity index (χ0) is 74.4. The van der Waals surface area contributed by atoms with Gasteiger partial charge in [-0.1, -0.05) is 78.3 Å². The van der Waals surface area contributed by atoms with Gasteiger partial charge >= 0.3 is 17.9 Å². The Balaban J connectivity index is 2.35. The molecular weight excluding hydrogens is 1290 g/mol. The lowest BCUT2D eigenvalue weighted by Gasteiger charge is -2.31. The van der Waals surface area contributed by atoms with E-state index in [-0.39, 0.29) is 38.8 Å². The first kappa shape index (κ1) is 85.1. The third kappa shape index (κ3) is 27.9. The Morgan fingerprint density at radius 2 is 1.00 bits per heavy atom. The number of nitrogens with one attached hydrogen (secondary N) is 11. The molecule has 0 spiro atoms. The maximum absolute atomic E-state index is 14.5. The Bertz CT molecular complexity index is 2920. The highest BCUT2D eigenvalue weighted by Crippen LogP contribution is 2.21. The number of carboxylic acid groups (broad SMARTS) is 3. The largest absolute Gasteiger partial charge is 0.481 e. The number of hydrogen-bond donors (Lipinski definition) is 20. The fraction of sp³-hybridized carbons (Fsp3) is 0.661. The number of carbonyl (C=O) groups excluding carboxylic acids is 12. The van der Waals surface area contributed by atoms with E-state index in [1.165, 1.54) is 34.6 Å². The summed E-state index contributed by atoms with van der Waals surface area (Å²) in [6.07, 6.45) is -5.97. The summed E-state index contributed by atoms with van der Waals surface area (Å²) in [4.78, 5) is 202. The van der Waals surface area contributed by atoms with Gasteiger partial charge in [0.1, 0.15) is 72.5 Å². The number of aliphatic hydroxyl groups excluding tert-OH is 4. The number of hydrogen-bond acceptors (Lipinski definition) is 21. The molecule has 1 aromatic rings. The van der Waals surface area contributed by atoms with Gasteiger partial charge < -0.3 is 111 Å². The first-order chi connectivity index (χ1) is 45.9. The molecule has 0 bridgehead atoms. The highest BCUT2D eigenvalue weighted by Gasteiger charge is 2.42. The predicted octanol–water partition coefficient (Wildman–Crippen LogP) is -6.44. The summed E-state index contributed by atoms with van der Waals surface area (Å²) in [6, 6.07) is -11.2. The molecule has 1 saturated heterocycles. The maximum atomic E-state index is 14.5. The summed E-state index contributed by atoms with van der Waals surface area (Å²) >= 11 is 0. The third-order valence-electron chi connectivity index (χ3n) is 16.1. The number of unbranched alkanes of at least 4 members (excludes halogenated alkanes) is 1. The van der Waals surface area contributed by atoms with E-state index in [0.29, 0.717) is 24.8 Å². The van der Waals surface area contributed by atoms with Gasteiger partial charge in [-0.3, -0.25) is 67.1 Å². The Labute approximate surface area is 566 Å². The molecule has 1 aromatic carbocycles. The molecule has 22 N–H and O–H groups in total. The van der Waals surface area contributed by atoms with E-state index in [0.717, 1.165) is 18.7 Å². The zero-order valence-electron chi connectivity index (χ0n) is 56.5. The minimum absolute atomic E-state index is 0.0108. The van der Waals surface area contributed by atoms with Gasteiger partial charge in [-0.05, 0) is 89.2 Å². The average molecular weight is 1390 g/mol. The maximum Gasteiger partial charge on any atom is 0.326 e. The van der Waals surface area contributed by atoms with Crippen LogP contribution in [0.1, 0.15) is 126 Å². The van der Waals surface area contributed by atoms with Crippen LogP contribution in [0.4, 0.5) is 0 Å². The van der Waals surface area contributed by atoms with E-state index in [4.69, 9.17) is 11.5 Å². The smallest absolute Gasteiger partial charge is 0.326 e. The monoisotopic (exact) mass is 1390 g/mol. The number of aliphatic carboxylic acids is 3. The van der Waals surface area contributed by atoms with Crippen molar-refractivity contribution in [3.8, 4) is 0 Å². The number of nitrogens with two attached hydrogens (primary N) is 2. The lowest BCUT2D eigenvalue weighted by molar-refractivity contribution is -0.143. The number of carbonyl (C=O) groups is 15. The van der Waals surface area contributed by atoms with Crippen LogP contribution in [0, 0.1) is 17.8 Å². The van der Waals surface area contributed by atoms with Crippen LogP contribution in [0.5, 0.6) is 0 Å². The SMILES string of the molecule is CC[C@H](C)[C@H](NC(=O)[C@@H](N)[C@@H](C)O)C(=O)N[C@H](C(=O)N[C@@H](CC(=O)O)C(=O)N[C@H](C(=O)N[C@@H](Cc1ccccc1)C(=O)N[C@@H](CCC(=O)O)C(=O)N1CCC[C@H]1C(=O)NCC(=O)N[C@@H](CO)C(=O)N[C@H](C(=O)N[C@H](C(=O)N[C@@H](CCCCN)C(=O)O)C(C)C)[C@@H](C)O)C(C)C)[C@@H](C)O. The lowest BCUT2D eigenvalue weighted by Crippen LogP contribution is -2.63. The van der Waals surface area contributed by atoms with Crippen molar-refractivity contribution in [2.45, 2.75) is 217 Å². The Morgan fingerprint density at radius 3 is 1.50 bits per heavy atom. The van der Waals surface area contributed by atoms with Crippen LogP contribution in [0.15, 0.2) is 30.3 Å². The van der Waals surface area contributed by atoms with Gasteiger partial charge in [0.15, 0.2) is 0 Å². The fourth-order valence-corrected chi connectivity index (χ4v) is 10.0. The van der Waals surface area contributed by atoms with Gasteiger partial charge in [-0.15, -0.1) is 0 Å². The minimum Gasteiger partial charge on any atom is -0.481 e. The first-order valence-electron chi connectivity index (χ1n) is 32.3. The van der Waals surface area contributed by atoms with Crippen LogP contribution in [0.3, 0.4) is 0 Å². The molecule has 0 unspecified atom stereocenters. The van der Waals surface area contributed by atoms with Crippen molar-refractivity contribution in [3.05, 3.63) is 35.9 Å². The van der Waals surface area contributed by atoms with Crippen molar-refractivity contribution in [2.75, 3.05) is 26.2 Å². The molecule has 0 aliphatic carbocycles. The van der Waals surface area contributed by atoms with Crippen molar-refractivity contribution in [3.63, 3.8) is 0 Å². The molecule has 12 amide bonds. The third-order valence-corrected chi connectivity index (χ3v) is 16.1. The molecule has 1 aliphatic heterocycles. The highest BCUT2D eigenvalue weighted by atomic mass is 16.4. The zero-order valence-corrected chi connectivity index (χ0v) is 56.5.